The maximum Gasteiger partial charge on any atom is 0.230 e. The first-order valence-corrected chi connectivity index (χ1v) is 9.22. The summed E-state index contributed by atoms with van der Waals surface area (Å²) in [6.45, 7) is 4.34. The summed E-state index contributed by atoms with van der Waals surface area (Å²) in [5.74, 6) is 2.27. The summed E-state index contributed by atoms with van der Waals surface area (Å²) in [6.07, 6.45) is 4.57. The van der Waals surface area contributed by atoms with Gasteiger partial charge in [0.25, 0.3) is 0 Å². The molecular formula is C18H24FN3OS. The van der Waals surface area contributed by atoms with Crippen molar-refractivity contribution in [3.05, 3.63) is 53.9 Å². The Morgan fingerprint density at radius 3 is 2.83 bits per heavy atom. The molecule has 2 rings (SSSR count). The van der Waals surface area contributed by atoms with Crippen LogP contribution >= 0.6 is 11.8 Å². The van der Waals surface area contributed by atoms with Gasteiger partial charge in [0.15, 0.2) is 0 Å². The van der Waals surface area contributed by atoms with E-state index in [-0.39, 0.29) is 11.7 Å². The van der Waals surface area contributed by atoms with Gasteiger partial charge in [-0.15, -0.1) is 0 Å². The van der Waals surface area contributed by atoms with Gasteiger partial charge < -0.3 is 9.88 Å². The van der Waals surface area contributed by atoms with Crippen molar-refractivity contribution in [3.63, 3.8) is 0 Å². The van der Waals surface area contributed by atoms with Crippen LogP contribution in [0.4, 0.5) is 4.39 Å². The van der Waals surface area contributed by atoms with E-state index in [1.807, 2.05) is 17.8 Å². The smallest absolute Gasteiger partial charge is 0.230 e. The lowest BCUT2D eigenvalue weighted by Crippen LogP contribution is -2.32. The van der Waals surface area contributed by atoms with E-state index < -0.39 is 6.04 Å². The van der Waals surface area contributed by atoms with Crippen LogP contribution in [0.15, 0.2) is 36.7 Å². The average Bonchev–Trinajstić information content (AvgIpc) is 2.95. The number of hydrogen-bond donors (Lipinski definition) is 1. The molecule has 130 valence electrons. The Morgan fingerprint density at radius 1 is 1.42 bits per heavy atom. The molecule has 0 bridgehead atoms. The molecule has 1 N–H and O–H groups in total. The van der Waals surface area contributed by atoms with E-state index in [9.17, 15) is 9.18 Å². The van der Waals surface area contributed by atoms with Gasteiger partial charge in [-0.2, -0.15) is 11.8 Å². The van der Waals surface area contributed by atoms with Crippen LogP contribution in [-0.2, 0) is 11.8 Å². The summed E-state index contributed by atoms with van der Waals surface area (Å²) >= 11 is 1.62. The highest BCUT2D eigenvalue weighted by molar-refractivity contribution is 7.99. The van der Waals surface area contributed by atoms with Crippen molar-refractivity contribution in [1.82, 2.24) is 14.9 Å². The van der Waals surface area contributed by atoms with E-state index in [2.05, 4.69) is 24.1 Å². The maximum absolute atomic E-state index is 13.6. The van der Waals surface area contributed by atoms with Gasteiger partial charge >= 0.3 is 0 Å². The van der Waals surface area contributed by atoms with Gasteiger partial charge in [0.05, 0.1) is 5.75 Å². The van der Waals surface area contributed by atoms with Crippen LogP contribution in [0.2, 0.25) is 0 Å². The quantitative estimate of drug-likeness (QED) is 0.742. The van der Waals surface area contributed by atoms with E-state index in [1.165, 1.54) is 12.1 Å². The molecule has 1 aromatic heterocycles. The van der Waals surface area contributed by atoms with Crippen molar-refractivity contribution in [3.8, 4) is 0 Å². The number of hydrogen-bond acceptors (Lipinski definition) is 3. The second-order valence-corrected chi connectivity index (χ2v) is 7.29. The normalized spacial score (nSPS) is 12.4. The van der Waals surface area contributed by atoms with Crippen LogP contribution in [0.1, 0.15) is 37.7 Å². The number of nitrogens with zero attached hydrogens (tertiary/aromatic N) is 2. The van der Waals surface area contributed by atoms with Crippen molar-refractivity contribution in [2.24, 2.45) is 13.0 Å². The molecule has 1 unspecified atom stereocenters. The minimum atomic E-state index is -0.459. The number of amides is 1. The standard InChI is InChI=1S/C18H24FN3OS/c1-13(2)7-10-24-12-16(23)21-17(18-20-8-9-22(18)3)14-5-4-6-15(19)11-14/h4-6,8-9,11,13,17H,7,10,12H2,1-3H3,(H,21,23). The molecule has 0 saturated heterocycles. The van der Waals surface area contributed by atoms with Gasteiger partial charge in [0.2, 0.25) is 5.91 Å². The number of halogens is 1. The van der Waals surface area contributed by atoms with E-state index >= 15 is 0 Å². The molecule has 2 aromatic rings. The van der Waals surface area contributed by atoms with Crippen LogP contribution in [0.5, 0.6) is 0 Å². The zero-order valence-corrected chi connectivity index (χ0v) is 15.1. The second kappa shape index (κ2) is 8.87. The molecule has 6 heteroatoms. The molecule has 4 nitrogen and oxygen atoms in total. The third-order valence-corrected chi connectivity index (χ3v) is 4.67. The van der Waals surface area contributed by atoms with E-state index in [0.29, 0.717) is 23.1 Å². The first kappa shape index (κ1) is 18.5. The number of benzene rings is 1. The molecule has 0 saturated carbocycles. The molecule has 0 spiro atoms. The summed E-state index contributed by atoms with van der Waals surface area (Å²) in [7, 11) is 1.86. The molecular weight excluding hydrogens is 325 g/mol. The molecule has 1 heterocycles. The molecule has 0 radical (unpaired) electrons. The van der Waals surface area contributed by atoms with Crippen molar-refractivity contribution >= 4 is 17.7 Å². The van der Waals surface area contributed by atoms with Crippen LogP contribution < -0.4 is 5.32 Å². The molecule has 1 aromatic carbocycles. The average molecular weight is 349 g/mol. The monoisotopic (exact) mass is 349 g/mol. The summed E-state index contributed by atoms with van der Waals surface area (Å²) in [5, 5.41) is 2.98. The minimum Gasteiger partial charge on any atom is -0.341 e. The third kappa shape index (κ3) is 5.37. The van der Waals surface area contributed by atoms with Gasteiger partial charge in [-0.1, -0.05) is 26.0 Å². The van der Waals surface area contributed by atoms with E-state index in [1.54, 1.807) is 30.1 Å². The van der Waals surface area contributed by atoms with Crippen LogP contribution in [0.3, 0.4) is 0 Å². The lowest BCUT2D eigenvalue weighted by molar-refractivity contribution is -0.119. The van der Waals surface area contributed by atoms with Gasteiger partial charge in [-0.3, -0.25) is 4.79 Å². The lowest BCUT2D eigenvalue weighted by atomic mass is 10.1. The maximum atomic E-state index is 13.6. The zero-order chi connectivity index (χ0) is 17.5. The molecule has 0 fully saturated rings. The number of nitrogens with one attached hydrogen (secondary N) is 1. The summed E-state index contributed by atoms with van der Waals surface area (Å²) in [5.41, 5.74) is 0.685. The van der Waals surface area contributed by atoms with Gasteiger partial charge in [-0.25, -0.2) is 9.37 Å². The fourth-order valence-corrected chi connectivity index (χ4v) is 3.38. The highest BCUT2D eigenvalue weighted by atomic mass is 32.2. The molecule has 1 amide bonds. The SMILES string of the molecule is CC(C)CCSCC(=O)NC(c1cccc(F)c1)c1nccn1C. The first-order chi connectivity index (χ1) is 11.5. The topological polar surface area (TPSA) is 46.9 Å². The fourth-order valence-electron chi connectivity index (χ4n) is 2.32. The lowest BCUT2D eigenvalue weighted by Gasteiger charge is -2.19. The highest BCUT2D eigenvalue weighted by Gasteiger charge is 2.21. The Labute approximate surface area is 146 Å². The molecule has 0 aliphatic carbocycles. The summed E-state index contributed by atoms with van der Waals surface area (Å²) in [6, 6.07) is 5.81. The second-order valence-electron chi connectivity index (χ2n) is 6.19. The number of carbonyl (C=O) groups is 1. The van der Waals surface area contributed by atoms with E-state index in [4.69, 9.17) is 0 Å². The third-order valence-electron chi connectivity index (χ3n) is 3.68. The van der Waals surface area contributed by atoms with Crippen LogP contribution in [-0.4, -0.2) is 27.0 Å². The molecule has 0 aliphatic rings. The predicted molar refractivity (Wildman–Crippen MR) is 96.4 cm³/mol. The molecule has 0 aliphatic heterocycles. The Hall–Kier alpha value is -1.82. The minimum absolute atomic E-state index is 0.0685. The first-order valence-electron chi connectivity index (χ1n) is 8.07. The summed E-state index contributed by atoms with van der Waals surface area (Å²) < 4.78 is 15.4. The van der Waals surface area contributed by atoms with Crippen molar-refractivity contribution in [2.75, 3.05) is 11.5 Å². The summed E-state index contributed by atoms with van der Waals surface area (Å²) in [4.78, 5) is 16.6. The fraction of sp³-hybridized carbons (Fsp3) is 0.444. The molecule has 24 heavy (non-hydrogen) atoms. The molecule has 1 atom stereocenters. The number of aryl methyl sites for hydroxylation is 1. The largest absolute Gasteiger partial charge is 0.341 e. The number of carbonyl (C=O) groups excluding carboxylic acids is 1. The Bertz CT molecular complexity index is 672. The van der Waals surface area contributed by atoms with E-state index in [0.717, 1.165) is 12.2 Å². The number of imidazole rings is 1. The van der Waals surface area contributed by atoms with Crippen molar-refractivity contribution in [1.29, 1.82) is 0 Å². The van der Waals surface area contributed by atoms with Crippen molar-refractivity contribution < 1.29 is 9.18 Å². The van der Waals surface area contributed by atoms with Gasteiger partial charge in [0.1, 0.15) is 17.7 Å². The Balaban J connectivity index is 2.07. The zero-order valence-electron chi connectivity index (χ0n) is 14.3. The Kier molecular flexibility index (Phi) is 6.85. The van der Waals surface area contributed by atoms with Crippen LogP contribution in [0.25, 0.3) is 0 Å². The van der Waals surface area contributed by atoms with Gasteiger partial charge in [-0.05, 0) is 35.8 Å². The number of rotatable bonds is 8. The predicted octanol–water partition coefficient (Wildman–Crippen LogP) is 3.54. The van der Waals surface area contributed by atoms with Gasteiger partial charge in [0, 0.05) is 19.4 Å². The Morgan fingerprint density at radius 2 is 2.21 bits per heavy atom. The van der Waals surface area contributed by atoms with Crippen LogP contribution in [0, 0.1) is 11.7 Å². The number of aromatic nitrogens is 2. The highest BCUT2D eigenvalue weighted by Crippen LogP contribution is 2.21. The number of thioether (sulfide) groups is 1. The van der Waals surface area contributed by atoms with Crippen molar-refractivity contribution in [2.45, 2.75) is 26.3 Å².